The molecule has 1 amide bonds. The second kappa shape index (κ2) is 7.49. The third kappa shape index (κ3) is 3.95. The monoisotopic (exact) mass is 324 g/mol. The van der Waals surface area contributed by atoms with Gasteiger partial charge in [0.05, 0.1) is 5.56 Å². The van der Waals surface area contributed by atoms with Gasteiger partial charge in [0.1, 0.15) is 12.4 Å². The van der Waals surface area contributed by atoms with Crippen LogP contribution in [-0.2, 0) is 6.61 Å². The van der Waals surface area contributed by atoms with Crippen LogP contribution in [0, 0.1) is 12.8 Å². The lowest BCUT2D eigenvalue weighted by Gasteiger charge is -2.18. The van der Waals surface area contributed by atoms with E-state index in [1.807, 2.05) is 36.4 Å². The third-order valence-electron chi connectivity index (χ3n) is 4.54. The fourth-order valence-electron chi connectivity index (χ4n) is 2.82. The Hall–Kier alpha value is -2.33. The van der Waals surface area contributed by atoms with E-state index in [0.717, 1.165) is 18.4 Å². The van der Waals surface area contributed by atoms with Gasteiger partial charge in [-0.3, -0.25) is 4.79 Å². The normalized spacial score (nSPS) is 14.9. The van der Waals surface area contributed by atoms with E-state index >= 15 is 0 Å². The van der Waals surface area contributed by atoms with Crippen molar-refractivity contribution in [1.82, 2.24) is 5.32 Å². The van der Waals surface area contributed by atoms with Gasteiger partial charge < -0.3 is 15.8 Å². The van der Waals surface area contributed by atoms with E-state index in [-0.39, 0.29) is 11.9 Å². The molecule has 0 bridgehead atoms. The van der Waals surface area contributed by atoms with Crippen LogP contribution in [0.25, 0.3) is 0 Å². The molecule has 1 aliphatic rings. The highest BCUT2D eigenvalue weighted by atomic mass is 16.5. The largest absolute Gasteiger partial charge is 0.488 e. The average Bonchev–Trinajstić information content (AvgIpc) is 3.44. The molecule has 1 unspecified atom stereocenters. The number of carbonyl (C=O) groups is 1. The zero-order valence-corrected chi connectivity index (χ0v) is 14.0. The number of ether oxygens (including phenoxy) is 1. The van der Waals surface area contributed by atoms with Crippen LogP contribution >= 0.6 is 0 Å². The van der Waals surface area contributed by atoms with Gasteiger partial charge in [-0.15, -0.1) is 0 Å². The molecule has 1 atom stereocenters. The van der Waals surface area contributed by atoms with Gasteiger partial charge in [-0.1, -0.05) is 36.4 Å². The van der Waals surface area contributed by atoms with Crippen LogP contribution in [-0.4, -0.2) is 18.5 Å². The predicted octanol–water partition coefficient (Wildman–Crippen LogP) is 3.04. The van der Waals surface area contributed by atoms with Crippen molar-refractivity contribution in [3.05, 3.63) is 65.2 Å². The summed E-state index contributed by atoms with van der Waals surface area (Å²) in [6.45, 7) is 2.97. The summed E-state index contributed by atoms with van der Waals surface area (Å²) in [6, 6.07) is 15.5. The van der Waals surface area contributed by atoms with Crippen LogP contribution in [0.1, 0.15) is 34.3 Å². The SMILES string of the molecule is Cc1ccccc1COc1ccccc1C(=O)NC(CN)C1CC1. The minimum Gasteiger partial charge on any atom is -0.488 e. The quantitative estimate of drug-likeness (QED) is 0.823. The number of nitrogens with one attached hydrogen (secondary N) is 1. The minimum absolute atomic E-state index is 0.0573. The van der Waals surface area contributed by atoms with Gasteiger partial charge in [-0.2, -0.15) is 0 Å². The number of amides is 1. The van der Waals surface area contributed by atoms with Crippen LogP contribution in [0.4, 0.5) is 0 Å². The maximum atomic E-state index is 12.6. The van der Waals surface area contributed by atoms with Crippen molar-refractivity contribution in [3.63, 3.8) is 0 Å². The third-order valence-corrected chi connectivity index (χ3v) is 4.54. The highest BCUT2D eigenvalue weighted by Gasteiger charge is 2.31. The molecule has 0 spiro atoms. The molecule has 3 N–H and O–H groups in total. The van der Waals surface area contributed by atoms with Gasteiger partial charge in [0.15, 0.2) is 0 Å². The summed E-state index contributed by atoms with van der Waals surface area (Å²) in [6.07, 6.45) is 2.29. The summed E-state index contributed by atoms with van der Waals surface area (Å²) in [4.78, 5) is 12.6. The zero-order valence-electron chi connectivity index (χ0n) is 14.0. The number of hydrogen-bond acceptors (Lipinski definition) is 3. The minimum atomic E-state index is -0.113. The summed E-state index contributed by atoms with van der Waals surface area (Å²) < 4.78 is 5.92. The van der Waals surface area contributed by atoms with Gasteiger partial charge in [-0.05, 0) is 48.9 Å². The first-order chi connectivity index (χ1) is 11.7. The lowest BCUT2D eigenvalue weighted by Crippen LogP contribution is -2.41. The number of hydrogen-bond donors (Lipinski definition) is 2. The summed E-state index contributed by atoms with van der Waals surface area (Å²) in [7, 11) is 0. The number of aryl methyl sites for hydroxylation is 1. The Bertz CT molecular complexity index is 710. The van der Waals surface area contributed by atoms with E-state index in [2.05, 4.69) is 18.3 Å². The highest BCUT2D eigenvalue weighted by Crippen LogP contribution is 2.32. The first kappa shape index (κ1) is 16.5. The molecular formula is C20H24N2O2. The maximum absolute atomic E-state index is 12.6. The predicted molar refractivity (Wildman–Crippen MR) is 95.0 cm³/mol. The van der Waals surface area contributed by atoms with Crippen LogP contribution in [0.5, 0.6) is 5.75 Å². The van der Waals surface area contributed by atoms with Crippen molar-refractivity contribution < 1.29 is 9.53 Å². The number of para-hydroxylation sites is 1. The number of benzene rings is 2. The summed E-state index contributed by atoms with van der Waals surface area (Å²) in [5.74, 6) is 1.02. The molecule has 2 aromatic rings. The van der Waals surface area contributed by atoms with Gasteiger partial charge in [-0.25, -0.2) is 0 Å². The van der Waals surface area contributed by atoms with Crippen molar-refractivity contribution in [2.45, 2.75) is 32.4 Å². The molecule has 4 nitrogen and oxygen atoms in total. The maximum Gasteiger partial charge on any atom is 0.255 e. The fraction of sp³-hybridized carbons (Fsp3) is 0.350. The molecule has 2 aromatic carbocycles. The molecule has 3 rings (SSSR count). The first-order valence-electron chi connectivity index (χ1n) is 8.46. The molecular weight excluding hydrogens is 300 g/mol. The molecule has 126 valence electrons. The molecule has 4 heteroatoms. The van der Waals surface area contributed by atoms with E-state index in [1.165, 1.54) is 5.56 Å². The van der Waals surface area contributed by atoms with E-state index in [0.29, 0.717) is 30.4 Å². The van der Waals surface area contributed by atoms with Crippen molar-refractivity contribution in [2.75, 3.05) is 6.54 Å². The molecule has 0 aromatic heterocycles. The molecule has 24 heavy (non-hydrogen) atoms. The van der Waals surface area contributed by atoms with Crippen LogP contribution < -0.4 is 15.8 Å². The number of carbonyl (C=O) groups excluding carboxylic acids is 1. The molecule has 0 saturated heterocycles. The Balaban J connectivity index is 1.70. The van der Waals surface area contributed by atoms with E-state index in [9.17, 15) is 4.79 Å². The lowest BCUT2D eigenvalue weighted by atomic mass is 10.1. The van der Waals surface area contributed by atoms with E-state index in [4.69, 9.17) is 10.5 Å². The van der Waals surface area contributed by atoms with Crippen molar-refractivity contribution >= 4 is 5.91 Å². The standard InChI is InChI=1S/C20H24N2O2/c1-14-6-2-3-7-16(14)13-24-19-9-5-4-8-17(19)20(23)22-18(12-21)15-10-11-15/h2-9,15,18H,10-13,21H2,1H3,(H,22,23). The van der Waals surface area contributed by atoms with E-state index < -0.39 is 0 Å². The molecule has 1 aliphatic carbocycles. The topological polar surface area (TPSA) is 64.3 Å². The second-order valence-electron chi connectivity index (χ2n) is 6.36. The van der Waals surface area contributed by atoms with Crippen molar-refractivity contribution in [1.29, 1.82) is 0 Å². The van der Waals surface area contributed by atoms with Crippen LogP contribution in [0.3, 0.4) is 0 Å². The number of nitrogens with two attached hydrogens (primary N) is 1. The fourth-order valence-corrected chi connectivity index (χ4v) is 2.82. The smallest absolute Gasteiger partial charge is 0.255 e. The Labute approximate surface area is 143 Å². The summed E-state index contributed by atoms with van der Waals surface area (Å²) in [5.41, 5.74) is 8.64. The average molecular weight is 324 g/mol. The zero-order chi connectivity index (χ0) is 16.9. The molecule has 1 fully saturated rings. The van der Waals surface area contributed by atoms with Crippen molar-refractivity contribution in [3.8, 4) is 5.75 Å². The van der Waals surface area contributed by atoms with Gasteiger partial charge in [0.25, 0.3) is 5.91 Å². The van der Waals surface area contributed by atoms with Crippen molar-refractivity contribution in [2.24, 2.45) is 11.7 Å². The highest BCUT2D eigenvalue weighted by molar-refractivity contribution is 5.97. The molecule has 0 radical (unpaired) electrons. The van der Waals surface area contributed by atoms with Gasteiger partial charge >= 0.3 is 0 Å². The number of rotatable bonds is 7. The van der Waals surface area contributed by atoms with Gasteiger partial charge in [0.2, 0.25) is 0 Å². The van der Waals surface area contributed by atoms with Gasteiger partial charge in [0, 0.05) is 12.6 Å². The second-order valence-corrected chi connectivity index (χ2v) is 6.36. The summed E-state index contributed by atoms with van der Waals surface area (Å²) >= 11 is 0. The molecule has 0 heterocycles. The Morgan fingerprint density at radius 2 is 1.92 bits per heavy atom. The van der Waals surface area contributed by atoms with E-state index in [1.54, 1.807) is 6.07 Å². The van der Waals surface area contributed by atoms with Crippen LogP contribution in [0.15, 0.2) is 48.5 Å². The lowest BCUT2D eigenvalue weighted by molar-refractivity contribution is 0.0929. The molecule has 1 saturated carbocycles. The Morgan fingerprint density at radius 3 is 2.62 bits per heavy atom. The first-order valence-corrected chi connectivity index (χ1v) is 8.46. The Morgan fingerprint density at radius 1 is 1.21 bits per heavy atom. The molecule has 0 aliphatic heterocycles. The van der Waals surface area contributed by atoms with Crippen LogP contribution in [0.2, 0.25) is 0 Å². The summed E-state index contributed by atoms with van der Waals surface area (Å²) in [5, 5.41) is 3.05. The Kier molecular flexibility index (Phi) is 5.16.